The van der Waals surface area contributed by atoms with E-state index < -0.39 is 0 Å². The smallest absolute Gasteiger partial charge is 0.176 e. The molecule has 2 aliphatic heterocycles. The molecule has 11 aromatic rings. The van der Waals surface area contributed by atoms with E-state index in [0.717, 1.165) is 176 Å². The van der Waals surface area contributed by atoms with Crippen molar-refractivity contribution in [3.05, 3.63) is 220 Å². The predicted molar refractivity (Wildman–Crippen MR) is 311 cm³/mol. The predicted octanol–water partition coefficient (Wildman–Crippen LogP) is 15.2. The zero-order valence-corrected chi connectivity index (χ0v) is 43.6. The Hall–Kier alpha value is -8.89. The largest absolute Gasteiger partial charge is 0.356 e. The molecule has 3 aromatic carbocycles. The molecule has 10 heterocycles. The number of halogens is 2. The van der Waals surface area contributed by atoms with Gasteiger partial charge in [0.25, 0.3) is 0 Å². The zero-order chi connectivity index (χ0) is 52.6. The summed E-state index contributed by atoms with van der Waals surface area (Å²) in [4.78, 5) is 20.0. The van der Waals surface area contributed by atoms with Crippen molar-refractivity contribution in [2.75, 3.05) is 13.1 Å². The fourth-order valence-corrected chi connectivity index (χ4v) is 12.0. The zero-order valence-electron chi connectivity index (χ0n) is 41.9. The van der Waals surface area contributed by atoms with Crippen molar-refractivity contribution in [3.63, 3.8) is 0 Å². The summed E-state index contributed by atoms with van der Waals surface area (Å²) in [6, 6.07) is 35.5. The minimum Gasteiger partial charge on any atom is -0.356 e. The molecule has 1 saturated heterocycles. The first kappa shape index (κ1) is 49.0. The van der Waals surface area contributed by atoms with Gasteiger partial charge >= 0.3 is 0 Å². The second-order valence-electron chi connectivity index (χ2n) is 19.2. The molecular weight excluding hydrogens is 1000 g/mol. The molecule has 8 aromatic heterocycles. The van der Waals surface area contributed by atoms with Gasteiger partial charge in [-0.1, -0.05) is 67.8 Å². The summed E-state index contributed by atoms with van der Waals surface area (Å²) < 4.78 is 27.9. The number of hydrogen-bond acceptors (Lipinski definition) is 9. The third-order valence-corrected chi connectivity index (χ3v) is 16.1. The lowest BCUT2D eigenvalue weighted by Gasteiger charge is -2.16. The molecule has 11 nitrogen and oxygen atoms in total. The molecule has 77 heavy (non-hydrogen) atoms. The molecule has 0 aliphatic carbocycles. The summed E-state index contributed by atoms with van der Waals surface area (Å²) >= 11 is 2.26. The van der Waals surface area contributed by atoms with Gasteiger partial charge in [0.2, 0.25) is 0 Å². The van der Waals surface area contributed by atoms with Gasteiger partial charge in [0, 0.05) is 91.9 Å². The number of aromatic nitrogens is 8. The van der Waals surface area contributed by atoms with Gasteiger partial charge in [-0.15, -0.1) is 22.7 Å². The van der Waals surface area contributed by atoms with Crippen LogP contribution in [0.5, 0.6) is 0 Å². The Kier molecular flexibility index (Phi) is 13.4. The first-order valence-corrected chi connectivity index (χ1v) is 26.9. The molecule has 6 N–H and O–H groups in total. The molecule has 1 fully saturated rings. The number of nitrogens with one attached hydrogen (secondary N) is 6. The molecule has 0 amide bonds. The highest BCUT2D eigenvalue weighted by Crippen LogP contribution is 2.39. The molecule has 0 spiro atoms. The van der Waals surface area contributed by atoms with Gasteiger partial charge < -0.3 is 20.7 Å². The maximum absolute atomic E-state index is 14.1. The second kappa shape index (κ2) is 21.0. The summed E-state index contributed by atoms with van der Waals surface area (Å²) in [5, 5.41) is 29.6. The Balaban J connectivity index is 0.000000155. The van der Waals surface area contributed by atoms with Crippen molar-refractivity contribution in [2.24, 2.45) is 5.92 Å². The van der Waals surface area contributed by atoms with Crippen LogP contribution in [0.25, 0.3) is 93.9 Å². The molecular formula is C62H51F2N11S2. The normalized spacial score (nSPS) is 16.3. The lowest BCUT2D eigenvalue weighted by molar-refractivity contribution is 0.317. The molecule has 13 rings (SSSR count). The second-order valence-corrected chi connectivity index (χ2v) is 21.3. The van der Waals surface area contributed by atoms with Gasteiger partial charge in [-0.2, -0.15) is 19.0 Å². The maximum Gasteiger partial charge on any atom is 0.176 e. The summed E-state index contributed by atoms with van der Waals surface area (Å²) in [7, 11) is 0. The van der Waals surface area contributed by atoms with E-state index in [2.05, 4.69) is 118 Å². The number of H-pyrrole nitrogens is 4. The van der Waals surface area contributed by atoms with Gasteiger partial charge in [-0.3, -0.25) is 25.1 Å². The van der Waals surface area contributed by atoms with E-state index in [-0.39, 0.29) is 10.3 Å². The van der Waals surface area contributed by atoms with E-state index in [9.17, 15) is 8.78 Å². The molecule has 2 aliphatic rings. The monoisotopic (exact) mass is 1050 g/mol. The number of aromatic amines is 4. The number of fused-ring (bicyclic) bond motifs is 11. The summed E-state index contributed by atoms with van der Waals surface area (Å²) in [6.45, 7) is 13.1. The van der Waals surface area contributed by atoms with Crippen molar-refractivity contribution < 1.29 is 8.78 Å². The number of pyridine rings is 2. The average Bonchev–Trinajstić information content (AvgIpc) is 4.36. The minimum absolute atomic E-state index is 0.209. The van der Waals surface area contributed by atoms with Crippen LogP contribution in [0.2, 0.25) is 0 Å². The minimum atomic E-state index is -0.221. The third kappa shape index (κ3) is 9.95. The molecule has 15 heteroatoms. The van der Waals surface area contributed by atoms with Crippen molar-refractivity contribution in [2.45, 2.75) is 26.3 Å². The molecule has 0 saturated carbocycles. The van der Waals surface area contributed by atoms with E-state index in [1.807, 2.05) is 73.9 Å². The van der Waals surface area contributed by atoms with Gasteiger partial charge in [0.1, 0.15) is 11.4 Å². The highest BCUT2D eigenvalue weighted by molar-refractivity contribution is 7.14. The van der Waals surface area contributed by atoms with Crippen LogP contribution in [0, 0.1) is 21.6 Å². The van der Waals surface area contributed by atoms with Crippen molar-refractivity contribution in [1.29, 1.82) is 5.41 Å². The van der Waals surface area contributed by atoms with E-state index >= 15 is 0 Å². The standard InChI is InChI=1S/C33H26FN5S.C29H25FN6S/c1-4-21(15-24(5-2)36-20(3)22-9-7-6-8-10-22)23-11-12-28-26(16-23)33(39-38-28)29-17-25-27(18-35-19-30(25)37-29)31-13-14-32(34)40-31;30-28-6-5-27(37-28)21-3-1-17-7-8-36(15-17)16-18-9-20(14-32-13-18)19-2-4-24-23(10-19)29(35-34-24)25-11-22(21)26(12-31)33-25/h4-19,36-37H,2-3H2,1H3,(H,38,39);2-6,9-14,17,31,33H,1,7-8,15-16H2,(H,34,35)/b21-4+,24-15+;21-3+,31-12?. The van der Waals surface area contributed by atoms with Crippen LogP contribution in [0.3, 0.4) is 0 Å². The number of nitrogens with zero attached hydrogens (tertiary/aromatic N) is 5. The Bertz CT molecular complexity index is 4140. The first-order chi connectivity index (χ1) is 37.7. The summed E-state index contributed by atoms with van der Waals surface area (Å²) in [6.07, 6.45) is 18.9. The molecule has 2 unspecified atom stereocenters. The number of allylic oxidation sites excluding steroid dienone is 5. The molecule has 8 bridgehead atoms. The van der Waals surface area contributed by atoms with Crippen molar-refractivity contribution in [3.8, 4) is 44.3 Å². The fraction of sp³-hybridized carbons (Fsp3) is 0.113. The van der Waals surface area contributed by atoms with Crippen LogP contribution in [0.15, 0.2) is 177 Å². The van der Waals surface area contributed by atoms with E-state index in [4.69, 9.17) is 5.41 Å². The Morgan fingerprint density at radius 2 is 1.48 bits per heavy atom. The third-order valence-electron chi connectivity index (χ3n) is 14.3. The number of hydrogen-bond donors (Lipinski definition) is 6. The maximum atomic E-state index is 14.1. The lowest BCUT2D eigenvalue weighted by Crippen LogP contribution is -2.20. The van der Waals surface area contributed by atoms with Gasteiger partial charge in [0.05, 0.1) is 39.8 Å². The Morgan fingerprint density at radius 3 is 2.22 bits per heavy atom. The number of thiophene rings is 2. The highest BCUT2D eigenvalue weighted by Gasteiger charge is 2.25. The van der Waals surface area contributed by atoms with Crippen molar-refractivity contribution in [1.82, 2.24) is 50.5 Å². The van der Waals surface area contributed by atoms with Crippen LogP contribution in [0.1, 0.15) is 52.6 Å². The van der Waals surface area contributed by atoms with E-state index in [0.29, 0.717) is 11.6 Å². The highest BCUT2D eigenvalue weighted by atomic mass is 32.1. The van der Waals surface area contributed by atoms with Crippen molar-refractivity contribution >= 4 is 78.4 Å². The van der Waals surface area contributed by atoms with Gasteiger partial charge in [0.15, 0.2) is 10.3 Å². The summed E-state index contributed by atoms with van der Waals surface area (Å²) in [5.74, 6) is 0.523. The van der Waals surface area contributed by atoms with E-state index in [1.54, 1.807) is 24.5 Å². The Morgan fingerprint density at radius 1 is 0.740 bits per heavy atom. The SMILES string of the molecule is C=C/C(=C\C(=C/C)c1ccc2[nH]nc(-c3cc4c(-c5ccc(F)s5)cncc4[nH]3)c2c1)NC(=C)c1ccccc1.N=Cc1[nH]c2cc1/C(c1ccc(F)s1)=C\CC1CCN(Cc3cncc(c3)-c3ccc4[nH]nc-2c4c3)C1. The van der Waals surface area contributed by atoms with E-state index in [1.165, 1.54) is 23.9 Å². The van der Waals surface area contributed by atoms with Crippen LogP contribution >= 0.6 is 22.7 Å². The topological polar surface area (TPSA) is 154 Å². The van der Waals surface area contributed by atoms with Gasteiger partial charge in [-0.25, -0.2) is 0 Å². The lowest BCUT2D eigenvalue weighted by atomic mass is 9.98. The molecule has 380 valence electrons. The van der Waals surface area contributed by atoms with Crippen LogP contribution < -0.4 is 5.32 Å². The van der Waals surface area contributed by atoms with Crippen LogP contribution in [0.4, 0.5) is 8.78 Å². The first-order valence-electron chi connectivity index (χ1n) is 25.3. The molecule has 2 atom stereocenters. The van der Waals surface area contributed by atoms with Crippen LogP contribution in [-0.4, -0.2) is 64.5 Å². The molecule has 0 radical (unpaired) electrons. The van der Waals surface area contributed by atoms with Crippen LogP contribution in [-0.2, 0) is 6.54 Å². The number of benzene rings is 3. The quantitative estimate of drug-likeness (QED) is 0.0592. The Labute approximate surface area is 450 Å². The summed E-state index contributed by atoms with van der Waals surface area (Å²) in [5.41, 5.74) is 17.5. The number of rotatable bonds is 10. The fourth-order valence-electron chi connectivity index (χ4n) is 10.4. The van der Waals surface area contributed by atoms with Gasteiger partial charge in [-0.05, 0) is 145 Å². The average molecular weight is 1050 g/mol.